The van der Waals surface area contributed by atoms with Crippen molar-refractivity contribution >= 4 is 39.5 Å². The Balaban J connectivity index is 1.98. The second kappa shape index (κ2) is 10.9. The first-order valence-electron chi connectivity index (χ1n) is 6.75. The molecular formula is C11H17N3O7S2. The molecule has 1 aliphatic heterocycles. The van der Waals surface area contributed by atoms with E-state index in [0.29, 0.717) is 24.5 Å². The minimum atomic E-state index is -0.857. The predicted molar refractivity (Wildman–Crippen MR) is 83.2 cm³/mol. The second-order valence-electron chi connectivity index (χ2n) is 4.30. The van der Waals surface area contributed by atoms with Gasteiger partial charge in [0.2, 0.25) is 11.8 Å². The van der Waals surface area contributed by atoms with E-state index in [0.717, 1.165) is 6.42 Å². The van der Waals surface area contributed by atoms with Crippen molar-refractivity contribution in [2.75, 3.05) is 37.8 Å². The molecule has 1 saturated heterocycles. The maximum atomic E-state index is 11.5. The number of hydrogen-bond acceptors (Lipinski definition) is 9. The molecule has 3 amide bonds. The van der Waals surface area contributed by atoms with Gasteiger partial charge in [-0.3, -0.25) is 14.9 Å². The van der Waals surface area contributed by atoms with Gasteiger partial charge in [0.25, 0.3) is 5.09 Å². The third-order valence-corrected chi connectivity index (χ3v) is 4.93. The van der Waals surface area contributed by atoms with Crippen LogP contribution < -0.4 is 5.32 Å². The van der Waals surface area contributed by atoms with Gasteiger partial charge in [-0.15, -0.1) is 10.1 Å². The van der Waals surface area contributed by atoms with Crippen molar-refractivity contribution in [1.82, 2.24) is 10.2 Å². The Morgan fingerprint density at radius 2 is 2.00 bits per heavy atom. The SMILES string of the molecule is O=C(CN1CCCC1=O)NC(=O)OCCSSCCO[N+](=O)[O-]. The average molecular weight is 367 g/mol. The van der Waals surface area contributed by atoms with Gasteiger partial charge in [-0.1, -0.05) is 21.6 Å². The molecule has 1 aliphatic rings. The van der Waals surface area contributed by atoms with Crippen molar-refractivity contribution in [3.05, 3.63) is 10.1 Å². The zero-order valence-corrected chi connectivity index (χ0v) is 13.9. The number of nitrogens with one attached hydrogen (secondary N) is 1. The van der Waals surface area contributed by atoms with Gasteiger partial charge in [-0.05, 0) is 6.42 Å². The molecule has 10 nitrogen and oxygen atoms in total. The fourth-order valence-corrected chi connectivity index (χ4v) is 3.31. The molecule has 23 heavy (non-hydrogen) atoms. The highest BCUT2D eigenvalue weighted by atomic mass is 33.1. The van der Waals surface area contributed by atoms with Gasteiger partial charge in [-0.25, -0.2) is 4.79 Å². The van der Waals surface area contributed by atoms with Crippen LogP contribution in [0.4, 0.5) is 4.79 Å². The minimum Gasteiger partial charge on any atom is -0.448 e. The number of imide groups is 1. The maximum absolute atomic E-state index is 11.5. The summed E-state index contributed by atoms with van der Waals surface area (Å²) in [6.07, 6.45) is 0.293. The van der Waals surface area contributed by atoms with Crippen molar-refractivity contribution in [2.45, 2.75) is 12.8 Å². The predicted octanol–water partition coefficient (Wildman–Crippen LogP) is 0.451. The van der Waals surface area contributed by atoms with E-state index in [-0.39, 0.29) is 25.7 Å². The lowest BCUT2D eigenvalue weighted by Gasteiger charge is -2.14. The number of alkyl carbamates (subject to hydrolysis) is 1. The Morgan fingerprint density at radius 1 is 1.30 bits per heavy atom. The summed E-state index contributed by atoms with van der Waals surface area (Å²) >= 11 is 0. The highest BCUT2D eigenvalue weighted by molar-refractivity contribution is 8.76. The first-order chi connectivity index (χ1) is 11.0. The molecule has 1 N–H and O–H groups in total. The van der Waals surface area contributed by atoms with Crippen molar-refractivity contribution in [1.29, 1.82) is 0 Å². The lowest BCUT2D eigenvalue weighted by Crippen LogP contribution is -2.40. The number of nitrogens with zero attached hydrogens (tertiary/aromatic N) is 2. The number of carbonyl (C=O) groups is 3. The third kappa shape index (κ3) is 9.13. The van der Waals surface area contributed by atoms with Crippen molar-refractivity contribution in [2.24, 2.45) is 0 Å². The van der Waals surface area contributed by atoms with E-state index < -0.39 is 17.1 Å². The molecule has 0 spiro atoms. The molecule has 0 radical (unpaired) electrons. The lowest BCUT2D eigenvalue weighted by atomic mass is 10.4. The van der Waals surface area contributed by atoms with Gasteiger partial charge in [0.1, 0.15) is 19.8 Å². The van der Waals surface area contributed by atoms with Crippen LogP contribution in [-0.2, 0) is 19.2 Å². The number of ether oxygens (including phenoxy) is 1. The zero-order chi connectivity index (χ0) is 17.1. The molecular weight excluding hydrogens is 350 g/mol. The normalized spacial score (nSPS) is 13.7. The van der Waals surface area contributed by atoms with Crippen LogP contribution in [0, 0.1) is 10.1 Å². The monoisotopic (exact) mass is 367 g/mol. The van der Waals surface area contributed by atoms with E-state index >= 15 is 0 Å². The zero-order valence-electron chi connectivity index (χ0n) is 12.2. The summed E-state index contributed by atoms with van der Waals surface area (Å²) in [6.45, 7) is 0.468. The molecule has 0 unspecified atom stereocenters. The van der Waals surface area contributed by atoms with Gasteiger partial charge in [-0.2, -0.15) is 0 Å². The smallest absolute Gasteiger partial charge is 0.413 e. The van der Waals surface area contributed by atoms with Crippen molar-refractivity contribution < 1.29 is 29.0 Å². The van der Waals surface area contributed by atoms with E-state index in [9.17, 15) is 24.5 Å². The van der Waals surface area contributed by atoms with Crippen molar-refractivity contribution in [3.63, 3.8) is 0 Å². The van der Waals surface area contributed by atoms with Crippen LogP contribution in [-0.4, -0.2) is 65.7 Å². The number of amides is 3. The fraction of sp³-hybridized carbons (Fsp3) is 0.727. The summed E-state index contributed by atoms with van der Waals surface area (Å²) in [5, 5.41) is 11.1. The van der Waals surface area contributed by atoms with Crippen LogP contribution in [0.2, 0.25) is 0 Å². The molecule has 1 rings (SSSR count). The fourth-order valence-electron chi connectivity index (χ4n) is 1.67. The molecule has 0 saturated carbocycles. The van der Waals surface area contributed by atoms with Gasteiger partial charge >= 0.3 is 6.09 Å². The topological polar surface area (TPSA) is 128 Å². The standard InChI is InChI=1S/C11H17N3O7S2/c15-9(8-13-3-1-2-10(13)16)12-11(17)20-4-6-22-23-7-5-21-14(18)19/h1-8H2,(H,12,15,17). The van der Waals surface area contributed by atoms with E-state index in [1.807, 2.05) is 5.32 Å². The van der Waals surface area contributed by atoms with Crippen LogP contribution >= 0.6 is 21.6 Å². The van der Waals surface area contributed by atoms with Gasteiger partial charge < -0.3 is 14.5 Å². The quantitative estimate of drug-likeness (QED) is 0.253. The largest absolute Gasteiger partial charge is 0.448 e. The van der Waals surface area contributed by atoms with E-state index in [1.165, 1.54) is 26.5 Å². The average Bonchev–Trinajstić information content (AvgIpc) is 2.86. The molecule has 0 aromatic rings. The molecule has 0 aromatic heterocycles. The summed E-state index contributed by atoms with van der Waals surface area (Å²) in [5.41, 5.74) is 0. The molecule has 130 valence electrons. The molecule has 12 heteroatoms. The third-order valence-electron chi connectivity index (χ3n) is 2.59. The van der Waals surface area contributed by atoms with Gasteiger partial charge in [0.05, 0.1) is 0 Å². The lowest BCUT2D eigenvalue weighted by molar-refractivity contribution is -0.756. The first kappa shape index (κ1) is 19.4. The highest BCUT2D eigenvalue weighted by Gasteiger charge is 2.23. The Morgan fingerprint density at radius 3 is 2.61 bits per heavy atom. The van der Waals surface area contributed by atoms with Gasteiger partial charge in [0, 0.05) is 24.5 Å². The van der Waals surface area contributed by atoms with Crippen LogP contribution in [0.1, 0.15) is 12.8 Å². The van der Waals surface area contributed by atoms with Crippen LogP contribution in [0.5, 0.6) is 0 Å². The molecule has 0 aliphatic carbocycles. The summed E-state index contributed by atoms with van der Waals surface area (Å²) in [7, 11) is 2.71. The Kier molecular flexibility index (Phi) is 9.21. The maximum Gasteiger partial charge on any atom is 0.413 e. The molecule has 0 atom stereocenters. The first-order valence-corrected chi connectivity index (χ1v) is 9.24. The highest BCUT2D eigenvalue weighted by Crippen LogP contribution is 2.20. The van der Waals surface area contributed by atoms with Crippen LogP contribution in [0.15, 0.2) is 0 Å². The molecule has 1 heterocycles. The molecule has 1 fully saturated rings. The summed E-state index contributed by atoms with van der Waals surface area (Å²) in [4.78, 5) is 49.6. The van der Waals surface area contributed by atoms with E-state index in [2.05, 4.69) is 4.84 Å². The number of rotatable bonds is 10. The van der Waals surface area contributed by atoms with Crippen LogP contribution in [0.3, 0.4) is 0 Å². The number of likely N-dealkylation sites (tertiary alicyclic amines) is 1. The van der Waals surface area contributed by atoms with Gasteiger partial charge in [0.15, 0.2) is 0 Å². The Hall–Kier alpha value is -1.69. The second-order valence-corrected chi connectivity index (χ2v) is 7.01. The van der Waals surface area contributed by atoms with Crippen molar-refractivity contribution in [3.8, 4) is 0 Å². The summed E-state index contributed by atoms with van der Waals surface area (Å²) in [5.74, 6) is 0.224. The number of carbonyl (C=O) groups excluding carboxylic acids is 3. The van der Waals surface area contributed by atoms with Crippen LogP contribution in [0.25, 0.3) is 0 Å². The minimum absolute atomic E-state index is 0.00423. The summed E-state index contributed by atoms with van der Waals surface area (Å²) in [6, 6.07) is 0. The van der Waals surface area contributed by atoms with E-state index in [1.54, 1.807) is 0 Å². The summed E-state index contributed by atoms with van der Waals surface area (Å²) < 4.78 is 4.80. The molecule has 0 aromatic carbocycles. The Labute approximate surface area is 140 Å². The Bertz CT molecular complexity index is 449. The van der Waals surface area contributed by atoms with E-state index in [4.69, 9.17) is 4.74 Å². The number of hydrogen-bond donors (Lipinski definition) is 1. The molecule has 0 bridgehead atoms.